The van der Waals surface area contributed by atoms with Gasteiger partial charge in [0.05, 0.1) is 0 Å². The number of nitrogens with two attached hydrogens (primary N) is 1. The van der Waals surface area contributed by atoms with Gasteiger partial charge in [-0.05, 0) is 25.3 Å². The van der Waals surface area contributed by atoms with Crippen molar-refractivity contribution in [2.75, 3.05) is 6.54 Å². The Morgan fingerprint density at radius 3 is 2.64 bits per heavy atom. The third-order valence-corrected chi connectivity index (χ3v) is 2.36. The molecule has 1 aliphatic carbocycles. The highest BCUT2D eigenvalue weighted by atomic mass is 15.0. The lowest BCUT2D eigenvalue weighted by molar-refractivity contribution is 0.438. The molecular weight excluding hydrogens is 136 g/mol. The van der Waals surface area contributed by atoms with Crippen LogP contribution in [0.1, 0.15) is 33.1 Å². The summed E-state index contributed by atoms with van der Waals surface area (Å²) in [4.78, 5) is 0. The molecule has 1 aliphatic rings. The molecule has 2 heteroatoms. The van der Waals surface area contributed by atoms with E-state index < -0.39 is 0 Å². The smallest absolute Gasteiger partial charge is 0.0219 e. The molecule has 66 valence electrons. The molecule has 0 amide bonds. The molecule has 0 aromatic heterocycles. The van der Waals surface area contributed by atoms with E-state index in [1.807, 2.05) is 0 Å². The van der Waals surface area contributed by atoms with Crippen LogP contribution in [0, 0.1) is 5.92 Å². The minimum Gasteiger partial charge on any atom is -0.326 e. The lowest BCUT2D eigenvalue weighted by Crippen LogP contribution is -2.42. The minimum atomic E-state index is 0.411. The number of hydrogen-bond donors (Lipinski definition) is 2. The third-order valence-electron chi connectivity index (χ3n) is 2.36. The lowest BCUT2D eigenvalue weighted by atomic mass is 10.1. The van der Waals surface area contributed by atoms with E-state index in [9.17, 15) is 0 Å². The first-order valence-electron chi connectivity index (χ1n) is 4.69. The van der Waals surface area contributed by atoms with Gasteiger partial charge in [0.1, 0.15) is 0 Å². The summed E-state index contributed by atoms with van der Waals surface area (Å²) in [5.74, 6) is 0.739. The summed E-state index contributed by atoms with van der Waals surface area (Å²) in [5.41, 5.74) is 5.90. The molecule has 11 heavy (non-hydrogen) atoms. The van der Waals surface area contributed by atoms with Crippen molar-refractivity contribution in [2.45, 2.75) is 45.2 Å². The Morgan fingerprint density at radius 1 is 1.45 bits per heavy atom. The summed E-state index contributed by atoms with van der Waals surface area (Å²) in [6.07, 6.45) is 3.78. The van der Waals surface area contributed by atoms with Crippen molar-refractivity contribution in [1.82, 2.24) is 5.32 Å². The van der Waals surface area contributed by atoms with Crippen LogP contribution in [-0.2, 0) is 0 Å². The second kappa shape index (κ2) is 4.07. The summed E-state index contributed by atoms with van der Waals surface area (Å²) in [5, 5.41) is 3.51. The molecule has 0 radical (unpaired) electrons. The topological polar surface area (TPSA) is 38.0 Å². The van der Waals surface area contributed by atoms with E-state index in [1.54, 1.807) is 0 Å². The van der Waals surface area contributed by atoms with E-state index in [1.165, 1.54) is 19.3 Å². The summed E-state index contributed by atoms with van der Waals surface area (Å²) >= 11 is 0. The fraction of sp³-hybridized carbons (Fsp3) is 1.00. The Balaban J connectivity index is 2.15. The van der Waals surface area contributed by atoms with E-state index in [0.717, 1.165) is 12.5 Å². The van der Waals surface area contributed by atoms with Crippen LogP contribution in [0.3, 0.4) is 0 Å². The highest BCUT2D eigenvalue weighted by Gasteiger charge is 2.22. The zero-order chi connectivity index (χ0) is 8.27. The first-order valence-corrected chi connectivity index (χ1v) is 4.69. The first-order chi connectivity index (χ1) is 5.20. The van der Waals surface area contributed by atoms with Crippen molar-refractivity contribution in [3.63, 3.8) is 0 Å². The highest BCUT2D eigenvalue weighted by molar-refractivity contribution is 4.85. The summed E-state index contributed by atoms with van der Waals surface area (Å²) in [6, 6.07) is 1.01. The molecule has 0 saturated heterocycles. The zero-order valence-electron chi connectivity index (χ0n) is 7.64. The predicted octanol–water partition coefficient (Wildman–Crippen LogP) is 1.11. The van der Waals surface area contributed by atoms with Gasteiger partial charge in [-0.3, -0.25) is 0 Å². The molecule has 1 saturated carbocycles. The van der Waals surface area contributed by atoms with Gasteiger partial charge < -0.3 is 11.1 Å². The van der Waals surface area contributed by atoms with Gasteiger partial charge in [-0.1, -0.05) is 20.3 Å². The van der Waals surface area contributed by atoms with Crippen LogP contribution in [0.25, 0.3) is 0 Å². The van der Waals surface area contributed by atoms with Crippen molar-refractivity contribution in [3.8, 4) is 0 Å². The Labute approximate surface area is 69.5 Å². The highest BCUT2D eigenvalue weighted by Crippen LogP contribution is 2.16. The van der Waals surface area contributed by atoms with Crippen molar-refractivity contribution >= 4 is 0 Å². The molecule has 2 atom stereocenters. The van der Waals surface area contributed by atoms with Crippen molar-refractivity contribution in [2.24, 2.45) is 11.7 Å². The molecule has 3 N–H and O–H groups in total. The van der Waals surface area contributed by atoms with Crippen LogP contribution in [0.5, 0.6) is 0 Å². The molecule has 0 spiro atoms. The summed E-state index contributed by atoms with van der Waals surface area (Å²) in [6.45, 7) is 5.57. The zero-order valence-corrected chi connectivity index (χ0v) is 7.64. The molecular formula is C9H20N2. The van der Waals surface area contributed by atoms with E-state index in [0.29, 0.717) is 12.1 Å². The molecule has 1 fully saturated rings. The predicted molar refractivity (Wildman–Crippen MR) is 48.5 cm³/mol. The van der Waals surface area contributed by atoms with E-state index >= 15 is 0 Å². The van der Waals surface area contributed by atoms with Gasteiger partial charge in [0.2, 0.25) is 0 Å². The van der Waals surface area contributed by atoms with Crippen LogP contribution in [0.2, 0.25) is 0 Å². The first kappa shape index (κ1) is 9.01. The molecule has 2 nitrogen and oxygen atoms in total. The second-order valence-corrected chi connectivity index (χ2v) is 4.00. The van der Waals surface area contributed by atoms with Crippen LogP contribution in [-0.4, -0.2) is 18.6 Å². The largest absolute Gasteiger partial charge is 0.326 e. The van der Waals surface area contributed by atoms with E-state index in [2.05, 4.69) is 19.2 Å². The average molecular weight is 156 g/mol. The Hall–Kier alpha value is -0.0800. The standard InChI is InChI=1S/C9H20N2/c1-7(2)6-11-9-5-3-4-8(9)10/h7-9,11H,3-6,10H2,1-2H3/t8-,9+/m0/s1. The van der Waals surface area contributed by atoms with Crippen LogP contribution in [0.15, 0.2) is 0 Å². The van der Waals surface area contributed by atoms with Gasteiger partial charge in [0.15, 0.2) is 0 Å². The maximum Gasteiger partial charge on any atom is 0.0219 e. The fourth-order valence-corrected chi connectivity index (χ4v) is 1.63. The van der Waals surface area contributed by atoms with Crippen LogP contribution in [0.4, 0.5) is 0 Å². The SMILES string of the molecule is CC(C)CN[C@@H]1CCC[C@@H]1N. The molecule has 0 bridgehead atoms. The Morgan fingerprint density at radius 2 is 2.18 bits per heavy atom. The maximum absolute atomic E-state index is 5.90. The van der Waals surface area contributed by atoms with Gasteiger partial charge in [0.25, 0.3) is 0 Å². The molecule has 0 aromatic rings. The van der Waals surface area contributed by atoms with Gasteiger partial charge in [-0.25, -0.2) is 0 Å². The molecule has 1 rings (SSSR count). The second-order valence-electron chi connectivity index (χ2n) is 4.00. The van der Waals surface area contributed by atoms with E-state index in [-0.39, 0.29) is 0 Å². The molecule has 0 aliphatic heterocycles. The number of rotatable bonds is 3. The monoisotopic (exact) mass is 156 g/mol. The van der Waals surface area contributed by atoms with Gasteiger partial charge in [0, 0.05) is 12.1 Å². The lowest BCUT2D eigenvalue weighted by Gasteiger charge is -2.18. The maximum atomic E-state index is 5.90. The third kappa shape index (κ3) is 2.80. The molecule has 0 aromatic carbocycles. The van der Waals surface area contributed by atoms with Crippen LogP contribution < -0.4 is 11.1 Å². The van der Waals surface area contributed by atoms with Crippen molar-refractivity contribution in [1.29, 1.82) is 0 Å². The van der Waals surface area contributed by atoms with Crippen molar-refractivity contribution < 1.29 is 0 Å². The number of hydrogen-bond acceptors (Lipinski definition) is 2. The average Bonchev–Trinajstić information content (AvgIpc) is 2.31. The molecule has 0 heterocycles. The summed E-state index contributed by atoms with van der Waals surface area (Å²) < 4.78 is 0. The summed E-state index contributed by atoms with van der Waals surface area (Å²) in [7, 11) is 0. The number of nitrogens with one attached hydrogen (secondary N) is 1. The van der Waals surface area contributed by atoms with Crippen LogP contribution >= 0.6 is 0 Å². The fourth-order valence-electron chi connectivity index (χ4n) is 1.63. The molecule has 0 unspecified atom stereocenters. The normalized spacial score (nSPS) is 31.6. The minimum absolute atomic E-state index is 0.411. The van der Waals surface area contributed by atoms with Gasteiger partial charge in [-0.2, -0.15) is 0 Å². The quantitative estimate of drug-likeness (QED) is 0.642. The van der Waals surface area contributed by atoms with Gasteiger partial charge in [-0.15, -0.1) is 0 Å². The van der Waals surface area contributed by atoms with Gasteiger partial charge >= 0.3 is 0 Å². The Kier molecular flexibility index (Phi) is 3.34. The Bertz CT molecular complexity index is 112. The van der Waals surface area contributed by atoms with E-state index in [4.69, 9.17) is 5.73 Å². The van der Waals surface area contributed by atoms with Crippen molar-refractivity contribution in [3.05, 3.63) is 0 Å².